The summed E-state index contributed by atoms with van der Waals surface area (Å²) < 4.78 is 0.875. The lowest BCUT2D eigenvalue weighted by molar-refractivity contribution is -0.115. The second-order valence-electron chi connectivity index (χ2n) is 5.66. The average Bonchev–Trinajstić information content (AvgIpc) is 3.09. The number of thioether (sulfide) groups is 1. The molecule has 1 amide bonds. The van der Waals surface area contributed by atoms with Gasteiger partial charge in [0.2, 0.25) is 11.0 Å². The minimum Gasteiger partial charge on any atom is -0.300 e. The van der Waals surface area contributed by atoms with E-state index < -0.39 is 0 Å². The van der Waals surface area contributed by atoms with Crippen molar-refractivity contribution < 1.29 is 4.79 Å². The van der Waals surface area contributed by atoms with Crippen LogP contribution in [0.4, 0.5) is 5.13 Å². The maximum atomic E-state index is 12.1. The van der Waals surface area contributed by atoms with E-state index in [9.17, 15) is 4.79 Å². The van der Waals surface area contributed by atoms with Crippen LogP contribution < -0.4 is 5.32 Å². The average molecular weight is 404 g/mol. The summed E-state index contributed by atoms with van der Waals surface area (Å²) in [6.45, 7) is 0. The van der Waals surface area contributed by atoms with Crippen LogP contribution in [-0.4, -0.2) is 21.9 Å². The van der Waals surface area contributed by atoms with E-state index in [4.69, 9.17) is 11.6 Å². The summed E-state index contributed by atoms with van der Waals surface area (Å²) in [5.41, 5.74) is 2.26. The highest BCUT2D eigenvalue weighted by atomic mass is 35.5. The summed E-state index contributed by atoms with van der Waals surface area (Å²) in [6.07, 6.45) is 2.42. The molecule has 0 saturated carbocycles. The normalized spacial score (nSPS) is 10.7. The quantitative estimate of drug-likeness (QED) is 0.323. The number of carbonyl (C=O) groups is 1. The fourth-order valence-corrected chi connectivity index (χ4v) is 4.25. The summed E-state index contributed by atoms with van der Waals surface area (Å²) >= 11 is 8.93. The van der Waals surface area contributed by atoms with Crippen molar-refractivity contribution in [2.45, 2.75) is 23.6 Å². The van der Waals surface area contributed by atoms with Gasteiger partial charge in [-0.3, -0.25) is 4.79 Å². The van der Waals surface area contributed by atoms with Gasteiger partial charge < -0.3 is 5.32 Å². The third kappa shape index (κ3) is 6.12. The van der Waals surface area contributed by atoms with Gasteiger partial charge in [0.15, 0.2) is 4.34 Å². The molecule has 0 aliphatic rings. The molecule has 26 heavy (non-hydrogen) atoms. The zero-order chi connectivity index (χ0) is 18.2. The lowest BCUT2D eigenvalue weighted by Crippen LogP contribution is -2.14. The number of halogens is 1. The molecule has 7 heteroatoms. The molecule has 0 spiro atoms. The van der Waals surface area contributed by atoms with Crippen LogP contribution in [-0.2, 0) is 17.6 Å². The molecule has 1 N–H and O–H groups in total. The highest BCUT2D eigenvalue weighted by Gasteiger charge is 2.09. The van der Waals surface area contributed by atoms with Crippen LogP contribution in [0.1, 0.15) is 17.5 Å². The summed E-state index contributed by atoms with van der Waals surface area (Å²) in [7, 11) is 0. The minimum absolute atomic E-state index is 0.107. The van der Waals surface area contributed by atoms with Crippen LogP contribution in [0.5, 0.6) is 0 Å². The van der Waals surface area contributed by atoms with Crippen molar-refractivity contribution in [3.8, 4) is 0 Å². The highest BCUT2D eigenvalue weighted by molar-refractivity contribution is 8.01. The topological polar surface area (TPSA) is 54.9 Å². The minimum atomic E-state index is -0.107. The fraction of sp³-hybridized carbons (Fsp3) is 0.211. The Morgan fingerprint density at radius 2 is 1.81 bits per heavy atom. The predicted octanol–water partition coefficient (Wildman–Crippen LogP) is 5.10. The molecule has 134 valence electrons. The number of rotatable bonds is 8. The molecule has 2 aromatic carbocycles. The molecular weight excluding hydrogens is 386 g/mol. The Bertz CT molecular complexity index is 838. The van der Waals surface area contributed by atoms with Gasteiger partial charge >= 0.3 is 0 Å². The van der Waals surface area contributed by atoms with Gasteiger partial charge in [-0.25, -0.2) is 0 Å². The van der Waals surface area contributed by atoms with Gasteiger partial charge in [0.05, 0.1) is 6.42 Å². The number of hydrogen-bond acceptors (Lipinski definition) is 5. The maximum absolute atomic E-state index is 12.1. The first kappa shape index (κ1) is 18.9. The first-order valence-corrected chi connectivity index (χ1v) is 10.4. The SMILES string of the molecule is O=C(Cc1ccc(Cl)cc1)Nc1nnc(SCCCc2ccccc2)s1. The van der Waals surface area contributed by atoms with Crippen LogP contribution >= 0.6 is 34.7 Å². The Hall–Kier alpha value is -1.89. The molecule has 0 radical (unpaired) electrons. The van der Waals surface area contributed by atoms with E-state index in [1.54, 1.807) is 23.9 Å². The van der Waals surface area contributed by atoms with Crippen molar-refractivity contribution in [2.75, 3.05) is 11.1 Å². The first-order valence-electron chi connectivity index (χ1n) is 8.23. The van der Waals surface area contributed by atoms with E-state index in [-0.39, 0.29) is 12.3 Å². The molecule has 0 atom stereocenters. The Kier molecular flexibility index (Phi) is 7.05. The van der Waals surface area contributed by atoms with Crippen LogP contribution in [0.15, 0.2) is 58.9 Å². The fourth-order valence-electron chi connectivity index (χ4n) is 2.35. The number of carbonyl (C=O) groups excluding carboxylic acids is 1. The van der Waals surface area contributed by atoms with Crippen LogP contribution in [0.3, 0.4) is 0 Å². The van der Waals surface area contributed by atoms with Crippen molar-refractivity contribution in [1.82, 2.24) is 10.2 Å². The zero-order valence-corrected chi connectivity index (χ0v) is 16.4. The molecule has 0 saturated heterocycles. The number of nitrogens with one attached hydrogen (secondary N) is 1. The molecule has 0 aliphatic carbocycles. The summed E-state index contributed by atoms with van der Waals surface area (Å²) in [6, 6.07) is 17.7. The molecule has 1 heterocycles. The number of anilines is 1. The highest BCUT2D eigenvalue weighted by Crippen LogP contribution is 2.26. The van der Waals surface area contributed by atoms with Crippen molar-refractivity contribution in [3.63, 3.8) is 0 Å². The molecule has 3 rings (SSSR count). The zero-order valence-electron chi connectivity index (χ0n) is 14.0. The van der Waals surface area contributed by atoms with E-state index in [2.05, 4.69) is 39.8 Å². The molecule has 0 aliphatic heterocycles. The lowest BCUT2D eigenvalue weighted by atomic mass is 10.1. The number of amides is 1. The summed E-state index contributed by atoms with van der Waals surface area (Å²) in [5, 5.41) is 12.2. The van der Waals surface area contributed by atoms with Gasteiger partial charge in [-0.05, 0) is 36.1 Å². The molecule has 4 nitrogen and oxygen atoms in total. The van der Waals surface area contributed by atoms with Crippen LogP contribution in [0.25, 0.3) is 0 Å². The third-order valence-electron chi connectivity index (χ3n) is 3.61. The molecule has 0 bridgehead atoms. The summed E-state index contributed by atoms with van der Waals surface area (Å²) in [4.78, 5) is 12.1. The Morgan fingerprint density at radius 3 is 2.58 bits per heavy atom. The number of hydrogen-bond donors (Lipinski definition) is 1. The van der Waals surface area contributed by atoms with Crippen molar-refractivity contribution in [2.24, 2.45) is 0 Å². The first-order chi connectivity index (χ1) is 12.7. The second kappa shape index (κ2) is 9.71. The van der Waals surface area contributed by atoms with E-state index in [1.165, 1.54) is 16.9 Å². The van der Waals surface area contributed by atoms with E-state index >= 15 is 0 Å². The van der Waals surface area contributed by atoms with Gasteiger partial charge in [0.25, 0.3) is 0 Å². The van der Waals surface area contributed by atoms with E-state index in [0.717, 1.165) is 28.5 Å². The molecule has 3 aromatic rings. The molecule has 0 unspecified atom stereocenters. The van der Waals surface area contributed by atoms with Gasteiger partial charge in [-0.2, -0.15) is 0 Å². The standard InChI is InChI=1S/C19H18ClN3OS2/c20-16-10-8-15(9-11-16)13-17(24)21-18-22-23-19(26-18)25-12-4-7-14-5-2-1-3-6-14/h1-3,5-6,8-11H,4,7,12-13H2,(H,21,22,24). The molecule has 1 aromatic heterocycles. The van der Waals surface area contributed by atoms with Gasteiger partial charge in [-0.15, -0.1) is 10.2 Å². The van der Waals surface area contributed by atoms with Gasteiger partial charge in [0, 0.05) is 10.8 Å². The Labute approximate surface area is 166 Å². The Balaban J connectivity index is 1.41. The van der Waals surface area contributed by atoms with Crippen LogP contribution in [0.2, 0.25) is 5.02 Å². The summed E-state index contributed by atoms with van der Waals surface area (Å²) in [5.74, 6) is 0.867. The molecular formula is C19H18ClN3OS2. The van der Waals surface area contributed by atoms with Crippen molar-refractivity contribution >= 4 is 45.7 Å². The second-order valence-corrected chi connectivity index (χ2v) is 8.42. The van der Waals surface area contributed by atoms with Crippen LogP contribution in [0, 0.1) is 0 Å². The number of benzene rings is 2. The molecule has 0 fully saturated rings. The van der Waals surface area contributed by atoms with Crippen molar-refractivity contribution in [3.05, 3.63) is 70.7 Å². The predicted molar refractivity (Wildman–Crippen MR) is 109 cm³/mol. The van der Waals surface area contributed by atoms with Gasteiger partial charge in [0.1, 0.15) is 0 Å². The lowest BCUT2D eigenvalue weighted by Gasteiger charge is -2.01. The largest absolute Gasteiger partial charge is 0.300 e. The smallest absolute Gasteiger partial charge is 0.230 e. The maximum Gasteiger partial charge on any atom is 0.230 e. The number of aryl methyl sites for hydroxylation is 1. The van der Waals surface area contributed by atoms with Crippen molar-refractivity contribution in [1.29, 1.82) is 0 Å². The monoisotopic (exact) mass is 403 g/mol. The number of aromatic nitrogens is 2. The van der Waals surface area contributed by atoms with E-state index in [1.807, 2.05) is 18.2 Å². The Morgan fingerprint density at radius 1 is 1.04 bits per heavy atom. The third-order valence-corrected chi connectivity index (χ3v) is 5.92. The van der Waals surface area contributed by atoms with Gasteiger partial charge in [-0.1, -0.05) is 77.2 Å². The van der Waals surface area contributed by atoms with E-state index in [0.29, 0.717) is 10.2 Å². The number of nitrogens with zero attached hydrogens (tertiary/aromatic N) is 2.